The summed E-state index contributed by atoms with van der Waals surface area (Å²) in [5.74, 6) is 1.58. The number of nitrogens with one attached hydrogen (secondary N) is 1. The number of carbonyl (C=O) groups excluding carboxylic acids is 2. The lowest BCUT2D eigenvalue weighted by molar-refractivity contribution is -0.172. The third-order valence-electron chi connectivity index (χ3n) is 6.35. The first-order valence-corrected chi connectivity index (χ1v) is 10.2. The molecule has 1 aromatic carbocycles. The number of benzene rings is 1. The van der Waals surface area contributed by atoms with Gasteiger partial charge in [0.25, 0.3) is 5.91 Å². The van der Waals surface area contributed by atoms with Crippen LogP contribution >= 0.6 is 11.3 Å². The molecule has 4 saturated carbocycles. The maximum Gasteiger partial charge on any atom is 0.312 e. The van der Waals surface area contributed by atoms with E-state index >= 15 is 0 Å². The third-order valence-corrected chi connectivity index (χ3v) is 7.30. The summed E-state index contributed by atoms with van der Waals surface area (Å²) in [6.45, 7) is -0.226. The van der Waals surface area contributed by atoms with Gasteiger partial charge in [-0.25, -0.2) is 4.98 Å². The van der Waals surface area contributed by atoms with Crippen LogP contribution in [0.1, 0.15) is 38.5 Å². The van der Waals surface area contributed by atoms with Crippen molar-refractivity contribution in [2.24, 2.45) is 23.2 Å². The van der Waals surface area contributed by atoms with E-state index in [0.717, 1.165) is 29.5 Å². The highest BCUT2D eigenvalue weighted by Gasteiger charge is 2.55. The molecule has 0 unspecified atom stereocenters. The first kappa shape index (κ1) is 16.2. The molecule has 136 valence electrons. The van der Waals surface area contributed by atoms with Gasteiger partial charge in [0, 0.05) is 0 Å². The van der Waals surface area contributed by atoms with Gasteiger partial charge < -0.3 is 4.74 Å². The summed E-state index contributed by atoms with van der Waals surface area (Å²) in [4.78, 5) is 29.4. The van der Waals surface area contributed by atoms with Crippen molar-refractivity contribution in [2.75, 3.05) is 11.9 Å². The SMILES string of the molecule is O=C(COC(=O)C12CC3CC(CC(C3)C1)C2)Nc1nc2ccccc2s1. The predicted molar refractivity (Wildman–Crippen MR) is 99.8 cm³/mol. The largest absolute Gasteiger partial charge is 0.455 e. The minimum Gasteiger partial charge on any atom is -0.455 e. The van der Waals surface area contributed by atoms with E-state index < -0.39 is 0 Å². The Morgan fingerprint density at radius 2 is 1.77 bits per heavy atom. The van der Waals surface area contributed by atoms with E-state index in [-0.39, 0.29) is 23.9 Å². The van der Waals surface area contributed by atoms with E-state index in [1.165, 1.54) is 30.6 Å². The van der Waals surface area contributed by atoms with Gasteiger partial charge in [0.1, 0.15) is 0 Å². The molecule has 1 N–H and O–H groups in total. The van der Waals surface area contributed by atoms with Gasteiger partial charge in [-0.3, -0.25) is 14.9 Å². The third kappa shape index (κ3) is 2.80. The van der Waals surface area contributed by atoms with Crippen molar-refractivity contribution in [3.8, 4) is 0 Å². The van der Waals surface area contributed by atoms with Crippen molar-refractivity contribution in [2.45, 2.75) is 38.5 Å². The summed E-state index contributed by atoms with van der Waals surface area (Å²) in [7, 11) is 0. The Kier molecular flexibility index (Phi) is 3.78. The maximum absolute atomic E-state index is 12.8. The number of carbonyl (C=O) groups is 2. The maximum atomic E-state index is 12.8. The molecular weight excluding hydrogens is 348 g/mol. The zero-order valence-electron chi connectivity index (χ0n) is 14.6. The minimum atomic E-state index is -0.317. The fraction of sp³-hybridized carbons (Fsp3) is 0.550. The number of fused-ring (bicyclic) bond motifs is 1. The predicted octanol–water partition coefficient (Wildman–Crippen LogP) is 3.99. The Labute approximate surface area is 156 Å². The smallest absolute Gasteiger partial charge is 0.312 e. The number of rotatable bonds is 4. The van der Waals surface area contributed by atoms with Crippen LogP contribution in [0.2, 0.25) is 0 Å². The zero-order chi connectivity index (χ0) is 17.7. The molecule has 1 aromatic heterocycles. The molecular formula is C20H22N2O3S. The highest BCUT2D eigenvalue weighted by atomic mass is 32.1. The molecule has 4 aliphatic carbocycles. The fourth-order valence-electron chi connectivity index (χ4n) is 5.73. The molecule has 6 heteroatoms. The van der Waals surface area contributed by atoms with Crippen LogP contribution in [0.15, 0.2) is 24.3 Å². The molecule has 1 heterocycles. The Morgan fingerprint density at radius 3 is 2.42 bits per heavy atom. The van der Waals surface area contributed by atoms with Crippen molar-refractivity contribution in [3.63, 3.8) is 0 Å². The number of nitrogens with zero attached hydrogens (tertiary/aromatic N) is 1. The summed E-state index contributed by atoms with van der Waals surface area (Å²) in [6, 6.07) is 7.74. The number of amides is 1. The molecule has 0 spiro atoms. The molecule has 6 rings (SSSR count). The van der Waals surface area contributed by atoms with Gasteiger partial charge in [-0.1, -0.05) is 23.5 Å². The molecule has 5 nitrogen and oxygen atoms in total. The topological polar surface area (TPSA) is 68.3 Å². The summed E-state index contributed by atoms with van der Waals surface area (Å²) in [6.07, 6.45) is 6.71. The van der Waals surface area contributed by atoms with Gasteiger partial charge in [0.2, 0.25) is 0 Å². The van der Waals surface area contributed by atoms with Gasteiger partial charge in [0.15, 0.2) is 11.7 Å². The van der Waals surface area contributed by atoms with Gasteiger partial charge in [-0.2, -0.15) is 0 Å². The van der Waals surface area contributed by atoms with E-state index in [4.69, 9.17) is 4.74 Å². The molecule has 0 aliphatic heterocycles. The molecule has 1 amide bonds. The van der Waals surface area contributed by atoms with E-state index in [1.54, 1.807) is 0 Å². The Balaban J connectivity index is 1.20. The molecule has 0 atom stereocenters. The van der Waals surface area contributed by atoms with Gasteiger partial charge in [0.05, 0.1) is 15.6 Å². The summed E-state index contributed by atoms with van der Waals surface area (Å²) in [5.41, 5.74) is 0.545. The van der Waals surface area contributed by atoms with Gasteiger partial charge in [-0.05, 0) is 68.4 Å². The second-order valence-corrected chi connectivity index (χ2v) is 9.34. The Morgan fingerprint density at radius 1 is 1.12 bits per heavy atom. The lowest BCUT2D eigenvalue weighted by Crippen LogP contribution is -2.50. The average molecular weight is 370 g/mol. The van der Waals surface area contributed by atoms with Crippen LogP contribution in [0.4, 0.5) is 5.13 Å². The van der Waals surface area contributed by atoms with E-state index in [2.05, 4.69) is 10.3 Å². The van der Waals surface area contributed by atoms with Crippen LogP contribution in [-0.4, -0.2) is 23.5 Å². The van der Waals surface area contributed by atoms with Crippen LogP contribution in [-0.2, 0) is 14.3 Å². The van der Waals surface area contributed by atoms with E-state index in [1.807, 2.05) is 24.3 Å². The summed E-state index contributed by atoms with van der Waals surface area (Å²) >= 11 is 1.42. The Bertz CT molecular complexity index is 807. The molecule has 4 aliphatic rings. The van der Waals surface area contributed by atoms with E-state index in [9.17, 15) is 9.59 Å². The van der Waals surface area contributed by atoms with Crippen LogP contribution in [0, 0.1) is 23.2 Å². The van der Waals surface area contributed by atoms with Crippen molar-refractivity contribution >= 4 is 38.6 Å². The average Bonchev–Trinajstić information content (AvgIpc) is 3.00. The number of ether oxygens (including phenoxy) is 1. The second-order valence-electron chi connectivity index (χ2n) is 8.31. The van der Waals surface area contributed by atoms with Crippen molar-refractivity contribution < 1.29 is 14.3 Å². The lowest BCUT2D eigenvalue weighted by atomic mass is 9.49. The number of anilines is 1. The standard InChI is InChI=1S/C20H22N2O3S/c23-17(22-19-21-15-3-1-2-4-16(15)26-19)11-25-18(24)20-8-12-5-13(9-20)7-14(6-12)10-20/h1-4,12-14H,5-11H2,(H,21,22,23). The van der Waals surface area contributed by atoms with Crippen molar-refractivity contribution in [1.82, 2.24) is 4.98 Å². The monoisotopic (exact) mass is 370 g/mol. The first-order chi connectivity index (χ1) is 12.6. The highest BCUT2D eigenvalue weighted by Crippen LogP contribution is 2.60. The van der Waals surface area contributed by atoms with Crippen LogP contribution in [0.3, 0.4) is 0 Å². The Hall–Kier alpha value is -1.95. The normalized spacial score (nSPS) is 31.9. The summed E-state index contributed by atoms with van der Waals surface area (Å²) < 4.78 is 6.48. The van der Waals surface area contributed by atoms with E-state index in [0.29, 0.717) is 22.9 Å². The highest BCUT2D eigenvalue weighted by molar-refractivity contribution is 7.22. The van der Waals surface area contributed by atoms with Crippen molar-refractivity contribution in [3.05, 3.63) is 24.3 Å². The van der Waals surface area contributed by atoms with Crippen LogP contribution in [0.25, 0.3) is 10.2 Å². The first-order valence-electron chi connectivity index (χ1n) is 9.42. The second kappa shape index (κ2) is 6.05. The number of aromatic nitrogens is 1. The number of para-hydroxylation sites is 1. The molecule has 2 aromatic rings. The molecule has 0 radical (unpaired) electrons. The fourth-order valence-corrected chi connectivity index (χ4v) is 6.61. The number of esters is 1. The van der Waals surface area contributed by atoms with Crippen molar-refractivity contribution in [1.29, 1.82) is 0 Å². The van der Waals surface area contributed by atoms with Gasteiger partial charge >= 0.3 is 5.97 Å². The van der Waals surface area contributed by atoms with Crippen LogP contribution < -0.4 is 5.32 Å². The molecule has 26 heavy (non-hydrogen) atoms. The quantitative estimate of drug-likeness (QED) is 0.826. The number of thiazole rings is 1. The zero-order valence-corrected chi connectivity index (χ0v) is 15.4. The number of hydrogen-bond donors (Lipinski definition) is 1. The molecule has 4 bridgehead atoms. The summed E-state index contributed by atoms with van der Waals surface area (Å²) in [5, 5.41) is 3.30. The molecule has 4 fully saturated rings. The number of hydrogen-bond acceptors (Lipinski definition) is 5. The van der Waals surface area contributed by atoms with Gasteiger partial charge in [-0.15, -0.1) is 0 Å². The molecule has 0 saturated heterocycles. The van der Waals surface area contributed by atoms with Crippen LogP contribution in [0.5, 0.6) is 0 Å². The minimum absolute atomic E-state index is 0.156. The lowest BCUT2D eigenvalue weighted by Gasteiger charge is -2.55.